The molecule has 0 saturated carbocycles. The average Bonchev–Trinajstić information content (AvgIpc) is 2.78. The van der Waals surface area contributed by atoms with Crippen molar-refractivity contribution < 1.29 is 14.2 Å². The summed E-state index contributed by atoms with van der Waals surface area (Å²) in [6, 6.07) is 4.29. The molecule has 6 heteroatoms. The van der Waals surface area contributed by atoms with Crippen LogP contribution in [0.5, 0.6) is 5.75 Å². The quantitative estimate of drug-likeness (QED) is 0.939. The molecule has 0 aliphatic heterocycles. The number of aryl methyl sites for hydroxylation is 1. The molecule has 2 rings (SSSR count). The minimum atomic E-state index is -1.03. The lowest BCUT2D eigenvalue weighted by atomic mass is 10.1. The van der Waals surface area contributed by atoms with Crippen LogP contribution in [-0.2, 0) is 6.54 Å². The van der Waals surface area contributed by atoms with Crippen molar-refractivity contribution in [2.75, 3.05) is 7.11 Å². The van der Waals surface area contributed by atoms with E-state index in [1.807, 2.05) is 6.92 Å². The molecular weight excluding hydrogens is 271 g/mol. The third-order valence-corrected chi connectivity index (χ3v) is 3.17. The maximum Gasteiger partial charge on any atom is 0.165 e. The first-order valence-electron chi connectivity index (χ1n) is 5.81. The van der Waals surface area contributed by atoms with Gasteiger partial charge in [0, 0.05) is 6.54 Å². The second kappa shape index (κ2) is 5.59. The van der Waals surface area contributed by atoms with E-state index < -0.39 is 11.9 Å². The van der Waals surface area contributed by atoms with Crippen molar-refractivity contribution in [3.63, 3.8) is 0 Å². The van der Waals surface area contributed by atoms with E-state index in [0.29, 0.717) is 22.8 Å². The Kier molecular flexibility index (Phi) is 4.07. The van der Waals surface area contributed by atoms with Gasteiger partial charge in [0.05, 0.1) is 24.0 Å². The topological polar surface area (TPSA) is 47.3 Å². The zero-order chi connectivity index (χ0) is 14.0. The first kappa shape index (κ1) is 13.8. The van der Waals surface area contributed by atoms with E-state index in [9.17, 15) is 9.50 Å². The molecule has 0 aliphatic rings. The van der Waals surface area contributed by atoms with Crippen LogP contribution in [0.4, 0.5) is 4.39 Å². The number of aromatic nitrogens is 2. The lowest BCUT2D eigenvalue weighted by molar-refractivity contribution is 0.207. The lowest BCUT2D eigenvalue weighted by Gasteiger charge is -2.14. The molecule has 1 aromatic heterocycles. The van der Waals surface area contributed by atoms with E-state index in [1.54, 1.807) is 10.7 Å². The highest BCUT2D eigenvalue weighted by Gasteiger charge is 2.20. The number of hydrogen-bond donors (Lipinski definition) is 1. The Morgan fingerprint density at radius 1 is 1.53 bits per heavy atom. The smallest absolute Gasteiger partial charge is 0.165 e. The molecule has 1 atom stereocenters. The highest BCUT2D eigenvalue weighted by Crippen LogP contribution is 2.30. The Bertz CT molecular complexity index is 586. The molecule has 102 valence electrons. The van der Waals surface area contributed by atoms with Crippen LogP contribution in [0.25, 0.3) is 0 Å². The van der Waals surface area contributed by atoms with Gasteiger partial charge in [0.2, 0.25) is 0 Å². The zero-order valence-corrected chi connectivity index (χ0v) is 11.4. The Labute approximate surface area is 115 Å². The molecule has 0 spiro atoms. The molecule has 2 aromatic rings. The van der Waals surface area contributed by atoms with Gasteiger partial charge < -0.3 is 9.84 Å². The zero-order valence-electron chi connectivity index (χ0n) is 10.6. The van der Waals surface area contributed by atoms with Crippen molar-refractivity contribution >= 4 is 11.6 Å². The molecular formula is C13H14ClFN2O2. The molecule has 0 bridgehead atoms. The summed E-state index contributed by atoms with van der Waals surface area (Å²) in [7, 11) is 1.39. The van der Waals surface area contributed by atoms with E-state index in [1.165, 1.54) is 25.4 Å². The maximum absolute atomic E-state index is 13.6. The average molecular weight is 285 g/mol. The summed E-state index contributed by atoms with van der Waals surface area (Å²) in [5.41, 5.74) is 0.851. The van der Waals surface area contributed by atoms with Crippen molar-refractivity contribution in [3.05, 3.63) is 46.5 Å². The fourth-order valence-electron chi connectivity index (χ4n) is 1.91. The summed E-state index contributed by atoms with van der Waals surface area (Å²) >= 11 is 6.01. The second-order valence-corrected chi connectivity index (χ2v) is 4.40. The van der Waals surface area contributed by atoms with E-state index >= 15 is 0 Å². The molecule has 1 aromatic carbocycles. The predicted molar refractivity (Wildman–Crippen MR) is 69.9 cm³/mol. The highest BCUT2D eigenvalue weighted by atomic mass is 35.5. The molecule has 0 saturated heterocycles. The maximum atomic E-state index is 13.6. The fraction of sp³-hybridized carbons (Fsp3) is 0.308. The van der Waals surface area contributed by atoms with Crippen LogP contribution in [0.3, 0.4) is 0 Å². The summed E-state index contributed by atoms with van der Waals surface area (Å²) in [6.07, 6.45) is 0.430. The Morgan fingerprint density at radius 2 is 2.26 bits per heavy atom. The summed E-state index contributed by atoms with van der Waals surface area (Å²) < 4.78 is 20.1. The van der Waals surface area contributed by atoms with E-state index in [0.717, 1.165) is 0 Å². The van der Waals surface area contributed by atoms with E-state index in [-0.39, 0.29) is 5.75 Å². The summed E-state index contributed by atoms with van der Waals surface area (Å²) in [4.78, 5) is 0. The van der Waals surface area contributed by atoms with Gasteiger partial charge in [0.1, 0.15) is 6.10 Å². The van der Waals surface area contributed by atoms with Crippen molar-refractivity contribution in [2.24, 2.45) is 0 Å². The highest BCUT2D eigenvalue weighted by molar-refractivity contribution is 6.31. The van der Waals surface area contributed by atoms with Gasteiger partial charge in [-0.25, -0.2) is 4.39 Å². The first-order valence-corrected chi connectivity index (χ1v) is 6.19. The second-order valence-electron chi connectivity index (χ2n) is 3.99. The van der Waals surface area contributed by atoms with Crippen LogP contribution in [0, 0.1) is 5.82 Å². The first-order chi connectivity index (χ1) is 9.08. The van der Waals surface area contributed by atoms with Crippen molar-refractivity contribution in [2.45, 2.75) is 19.6 Å². The van der Waals surface area contributed by atoms with Gasteiger partial charge in [-0.05, 0) is 24.6 Å². The van der Waals surface area contributed by atoms with Gasteiger partial charge in [-0.15, -0.1) is 0 Å². The summed E-state index contributed by atoms with van der Waals surface area (Å²) in [5, 5.41) is 14.7. The molecule has 1 unspecified atom stereocenters. The standard InChI is InChI=1S/C13H14ClFN2O2/c1-3-17-12(9(14)7-16-17)13(18)8-4-5-11(19-2)10(15)6-8/h4-7,13,18H,3H2,1-2H3. The minimum Gasteiger partial charge on any atom is -0.494 e. The number of nitrogens with zero attached hydrogens (tertiary/aromatic N) is 2. The Hall–Kier alpha value is -1.59. The number of rotatable bonds is 4. The molecule has 1 heterocycles. The molecule has 0 fully saturated rings. The molecule has 19 heavy (non-hydrogen) atoms. The molecule has 0 radical (unpaired) electrons. The number of methoxy groups -OCH3 is 1. The van der Waals surface area contributed by atoms with Gasteiger partial charge in [-0.3, -0.25) is 4.68 Å². The number of hydrogen-bond acceptors (Lipinski definition) is 3. The number of aliphatic hydroxyl groups is 1. The SMILES string of the molecule is CCn1ncc(Cl)c1C(O)c1ccc(OC)c(F)c1. The number of halogens is 2. The lowest BCUT2D eigenvalue weighted by Crippen LogP contribution is -2.10. The van der Waals surface area contributed by atoms with Gasteiger partial charge >= 0.3 is 0 Å². The largest absolute Gasteiger partial charge is 0.494 e. The van der Waals surface area contributed by atoms with E-state index in [4.69, 9.17) is 16.3 Å². The fourth-order valence-corrected chi connectivity index (χ4v) is 2.15. The Morgan fingerprint density at radius 3 is 2.84 bits per heavy atom. The van der Waals surface area contributed by atoms with Gasteiger partial charge in [0.25, 0.3) is 0 Å². The van der Waals surface area contributed by atoms with Crippen LogP contribution in [0.2, 0.25) is 5.02 Å². The minimum absolute atomic E-state index is 0.131. The normalized spacial score (nSPS) is 12.5. The van der Waals surface area contributed by atoms with Crippen molar-refractivity contribution in [1.29, 1.82) is 0 Å². The van der Waals surface area contributed by atoms with Gasteiger partial charge in [-0.2, -0.15) is 5.10 Å². The van der Waals surface area contributed by atoms with Crippen molar-refractivity contribution in [3.8, 4) is 5.75 Å². The van der Waals surface area contributed by atoms with Crippen molar-refractivity contribution in [1.82, 2.24) is 9.78 Å². The summed E-state index contributed by atoms with van der Waals surface area (Å²) in [6.45, 7) is 2.45. The van der Waals surface area contributed by atoms with Gasteiger partial charge in [0.15, 0.2) is 11.6 Å². The van der Waals surface area contributed by atoms with Crippen LogP contribution in [0.1, 0.15) is 24.3 Å². The number of aliphatic hydroxyl groups excluding tert-OH is 1. The molecule has 0 aliphatic carbocycles. The third-order valence-electron chi connectivity index (χ3n) is 2.88. The summed E-state index contributed by atoms with van der Waals surface area (Å²) in [5.74, 6) is -0.399. The Balaban J connectivity index is 2.41. The molecule has 4 nitrogen and oxygen atoms in total. The van der Waals surface area contributed by atoms with E-state index in [2.05, 4.69) is 5.10 Å². The number of ether oxygens (including phenoxy) is 1. The van der Waals surface area contributed by atoms with Crippen LogP contribution >= 0.6 is 11.6 Å². The van der Waals surface area contributed by atoms with Crippen LogP contribution in [0.15, 0.2) is 24.4 Å². The molecule has 1 N–H and O–H groups in total. The van der Waals surface area contributed by atoms with Crippen LogP contribution in [-0.4, -0.2) is 22.0 Å². The third kappa shape index (κ3) is 2.57. The number of benzene rings is 1. The van der Waals surface area contributed by atoms with Crippen LogP contribution < -0.4 is 4.74 Å². The predicted octanol–water partition coefficient (Wildman–Crippen LogP) is 2.79. The van der Waals surface area contributed by atoms with Gasteiger partial charge in [-0.1, -0.05) is 17.7 Å². The monoisotopic (exact) mass is 284 g/mol. The molecule has 0 amide bonds.